The van der Waals surface area contributed by atoms with Crippen molar-refractivity contribution in [3.63, 3.8) is 0 Å². The Morgan fingerprint density at radius 1 is 1.18 bits per heavy atom. The van der Waals surface area contributed by atoms with Crippen molar-refractivity contribution in [3.05, 3.63) is 23.8 Å². The van der Waals surface area contributed by atoms with Gasteiger partial charge in [-0.2, -0.15) is 9.78 Å². The van der Waals surface area contributed by atoms with Crippen LogP contribution >= 0.6 is 0 Å². The fourth-order valence-electron chi connectivity index (χ4n) is 2.74. The fraction of sp³-hybridized carbons (Fsp3) is 0.357. The van der Waals surface area contributed by atoms with E-state index in [0.29, 0.717) is 11.2 Å². The molecular formula is C14H14N8. The van der Waals surface area contributed by atoms with Crippen molar-refractivity contribution >= 4 is 22.5 Å². The van der Waals surface area contributed by atoms with Gasteiger partial charge in [0.2, 0.25) is 5.95 Å². The lowest BCUT2D eigenvalue weighted by molar-refractivity contribution is 0.310. The number of nitrogens with zero attached hydrogens (tertiary/aromatic N) is 8. The van der Waals surface area contributed by atoms with Gasteiger partial charge in [0.25, 0.3) is 0 Å². The molecule has 0 radical (unpaired) electrons. The number of benzene rings is 1. The van der Waals surface area contributed by atoms with Gasteiger partial charge in [-0.1, -0.05) is 0 Å². The van der Waals surface area contributed by atoms with E-state index in [1.165, 1.54) is 0 Å². The maximum atomic E-state index is 9.06. The molecule has 3 heterocycles. The summed E-state index contributed by atoms with van der Waals surface area (Å²) in [5.74, 6) is 0.755. The third-order valence-electron chi connectivity index (χ3n) is 4.03. The lowest BCUT2D eigenvalue weighted by Gasteiger charge is -2.32. The maximum absolute atomic E-state index is 9.06. The van der Waals surface area contributed by atoms with Crippen molar-refractivity contribution < 1.29 is 0 Å². The number of likely N-dealkylation sites (N-methyl/N-ethyl adjacent to an activating group) is 1. The first-order valence-electron chi connectivity index (χ1n) is 7.12. The van der Waals surface area contributed by atoms with Crippen LogP contribution in [0.5, 0.6) is 0 Å². The van der Waals surface area contributed by atoms with E-state index in [2.05, 4.69) is 38.4 Å². The van der Waals surface area contributed by atoms with Gasteiger partial charge in [0.1, 0.15) is 0 Å². The molecule has 8 nitrogen and oxygen atoms in total. The van der Waals surface area contributed by atoms with Gasteiger partial charge in [-0.15, -0.1) is 5.10 Å². The third-order valence-corrected chi connectivity index (χ3v) is 4.03. The Labute approximate surface area is 126 Å². The zero-order valence-electron chi connectivity index (χ0n) is 12.1. The van der Waals surface area contributed by atoms with Crippen molar-refractivity contribution in [3.8, 4) is 6.07 Å². The molecule has 8 heteroatoms. The SMILES string of the molecule is CN1CCN(c2nc3ccc(C#N)cc3c3nnnn23)CC1. The second kappa shape index (κ2) is 4.89. The number of hydrogen-bond acceptors (Lipinski definition) is 7. The number of aromatic nitrogens is 5. The normalized spacial score (nSPS) is 16.3. The molecule has 0 amide bonds. The summed E-state index contributed by atoms with van der Waals surface area (Å²) in [6.45, 7) is 3.74. The van der Waals surface area contributed by atoms with Gasteiger partial charge < -0.3 is 9.80 Å². The first kappa shape index (κ1) is 12.9. The summed E-state index contributed by atoms with van der Waals surface area (Å²) in [6, 6.07) is 7.53. The number of fused-ring (bicyclic) bond motifs is 3. The van der Waals surface area contributed by atoms with Crippen LogP contribution < -0.4 is 4.90 Å². The topological polar surface area (TPSA) is 86.2 Å². The van der Waals surface area contributed by atoms with E-state index >= 15 is 0 Å². The Hall–Kier alpha value is -2.79. The first-order valence-corrected chi connectivity index (χ1v) is 7.12. The zero-order valence-corrected chi connectivity index (χ0v) is 12.1. The van der Waals surface area contributed by atoms with E-state index < -0.39 is 0 Å². The van der Waals surface area contributed by atoms with E-state index in [9.17, 15) is 0 Å². The molecule has 2 aromatic heterocycles. The summed E-state index contributed by atoms with van der Waals surface area (Å²) in [7, 11) is 2.11. The summed E-state index contributed by atoms with van der Waals surface area (Å²) in [6.07, 6.45) is 0. The minimum Gasteiger partial charge on any atom is -0.338 e. The molecule has 0 bridgehead atoms. The molecule has 0 spiro atoms. The number of piperazine rings is 1. The molecule has 4 rings (SSSR count). The Kier molecular flexibility index (Phi) is 2.87. The molecule has 3 aromatic rings. The standard InChI is InChI=1S/C14H14N8/c1-20-4-6-21(7-5-20)14-16-12-3-2-10(9-15)8-11(12)13-17-18-19-22(13)14/h2-3,8H,4-7H2,1H3. The van der Waals surface area contributed by atoms with Crippen molar-refractivity contribution in [2.75, 3.05) is 38.1 Å². The van der Waals surface area contributed by atoms with Gasteiger partial charge in [-0.05, 0) is 35.7 Å². The van der Waals surface area contributed by atoms with Gasteiger partial charge >= 0.3 is 0 Å². The summed E-state index contributed by atoms with van der Waals surface area (Å²) in [5.41, 5.74) is 2.01. The van der Waals surface area contributed by atoms with Crippen LogP contribution in [0, 0.1) is 11.3 Å². The minimum atomic E-state index is 0.576. The highest BCUT2D eigenvalue weighted by molar-refractivity contribution is 5.93. The Morgan fingerprint density at radius 2 is 2.00 bits per heavy atom. The van der Waals surface area contributed by atoms with E-state index in [1.54, 1.807) is 16.6 Å². The molecule has 110 valence electrons. The molecule has 1 fully saturated rings. The first-order chi connectivity index (χ1) is 10.8. The van der Waals surface area contributed by atoms with E-state index in [4.69, 9.17) is 10.2 Å². The van der Waals surface area contributed by atoms with Crippen molar-refractivity contribution in [2.45, 2.75) is 0 Å². The van der Waals surface area contributed by atoms with Crippen LogP contribution in [0.2, 0.25) is 0 Å². The molecule has 0 saturated carbocycles. The summed E-state index contributed by atoms with van der Waals surface area (Å²) in [4.78, 5) is 9.20. The van der Waals surface area contributed by atoms with Crippen molar-refractivity contribution in [2.24, 2.45) is 0 Å². The minimum absolute atomic E-state index is 0.576. The highest BCUT2D eigenvalue weighted by Crippen LogP contribution is 2.23. The monoisotopic (exact) mass is 294 g/mol. The molecule has 1 saturated heterocycles. The lowest BCUT2D eigenvalue weighted by Crippen LogP contribution is -2.45. The van der Waals surface area contributed by atoms with Crippen LogP contribution in [0.3, 0.4) is 0 Å². The smallest absolute Gasteiger partial charge is 0.230 e. The van der Waals surface area contributed by atoms with Crippen molar-refractivity contribution in [1.82, 2.24) is 29.9 Å². The van der Waals surface area contributed by atoms with E-state index in [0.717, 1.165) is 43.0 Å². The Bertz CT molecular complexity index is 885. The van der Waals surface area contributed by atoms with Crippen LogP contribution in [0.15, 0.2) is 18.2 Å². The van der Waals surface area contributed by atoms with Gasteiger partial charge in [-0.25, -0.2) is 4.98 Å². The number of hydrogen-bond donors (Lipinski definition) is 0. The number of anilines is 1. The predicted octanol–water partition coefficient (Wildman–Crippen LogP) is 0.296. The molecule has 1 aromatic carbocycles. The molecule has 22 heavy (non-hydrogen) atoms. The van der Waals surface area contributed by atoms with Crippen LogP contribution in [0.4, 0.5) is 5.95 Å². The third kappa shape index (κ3) is 1.95. The molecule has 0 aliphatic carbocycles. The molecule has 0 atom stereocenters. The summed E-state index contributed by atoms with van der Waals surface area (Å²) in [5, 5.41) is 21.8. The average Bonchev–Trinajstić information content (AvgIpc) is 3.04. The second-order valence-corrected chi connectivity index (χ2v) is 5.46. The maximum Gasteiger partial charge on any atom is 0.230 e. The molecule has 1 aliphatic heterocycles. The van der Waals surface area contributed by atoms with Crippen LogP contribution in [-0.4, -0.2) is 63.2 Å². The Balaban J connectivity index is 1.91. The van der Waals surface area contributed by atoms with E-state index in [-0.39, 0.29) is 0 Å². The Morgan fingerprint density at radius 3 is 2.77 bits per heavy atom. The molecule has 0 N–H and O–H groups in total. The predicted molar refractivity (Wildman–Crippen MR) is 80.5 cm³/mol. The zero-order chi connectivity index (χ0) is 15.1. The van der Waals surface area contributed by atoms with Crippen molar-refractivity contribution in [1.29, 1.82) is 5.26 Å². The number of nitriles is 1. The quantitative estimate of drug-likeness (QED) is 0.637. The molecule has 0 unspecified atom stereocenters. The number of rotatable bonds is 1. The highest BCUT2D eigenvalue weighted by atomic mass is 15.6. The fourth-order valence-corrected chi connectivity index (χ4v) is 2.74. The highest BCUT2D eigenvalue weighted by Gasteiger charge is 2.20. The molecular weight excluding hydrogens is 280 g/mol. The molecule has 1 aliphatic rings. The second-order valence-electron chi connectivity index (χ2n) is 5.46. The summed E-state index contributed by atoms with van der Waals surface area (Å²) >= 11 is 0. The van der Waals surface area contributed by atoms with Gasteiger partial charge in [-0.3, -0.25) is 0 Å². The van der Waals surface area contributed by atoms with Crippen LogP contribution in [0.1, 0.15) is 5.56 Å². The average molecular weight is 294 g/mol. The van der Waals surface area contributed by atoms with Gasteiger partial charge in [0.05, 0.1) is 17.1 Å². The van der Waals surface area contributed by atoms with Crippen LogP contribution in [0.25, 0.3) is 16.6 Å². The van der Waals surface area contributed by atoms with Crippen LogP contribution in [-0.2, 0) is 0 Å². The van der Waals surface area contributed by atoms with Gasteiger partial charge in [0, 0.05) is 31.6 Å². The van der Waals surface area contributed by atoms with E-state index in [1.807, 2.05) is 6.07 Å². The van der Waals surface area contributed by atoms with Gasteiger partial charge in [0.15, 0.2) is 5.65 Å². The summed E-state index contributed by atoms with van der Waals surface area (Å²) < 4.78 is 1.66. The lowest BCUT2D eigenvalue weighted by atomic mass is 10.1. The largest absolute Gasteiger partial charge is 0.338 e. The number of tetrazole rings is 1.